The smallest absolute Gasteiger partial charge is 0.408 e. The van der Waals surface area contributed by atoms with E-state index in [0.29, 0.717) is 52.5 Å². The van der Waals surface area contributed by atoms with Crippen LogP contribution in [-0.2, 0) is 14.4 Å². The average molecular weight is 496 g/mol. The zero-order chi connectivity index (χ0) is 25.9. The Bertz CT molecular complexity index is 1350. The van der Waals surface area contributed by atoms with Crippen LogP contribution in [0.3, 0.4) is 0 Å². The number of H-pyrrole nitrogens is 1. The number of anilines is 1. The molecule has 3 aliphatic rings. The Labute approximate surface area is 206 Å². The van der Waals surface area contributed by atoms with Crippen molar-refractivity contribution in [3.05, 3.63) is 46.5 Å². The van der Waals surface area contributed by atoms with E-state index in [9.17, 15) is 23.6 Å². The van der Waals surface area contributed by atoms with Crippen molar-refractivity contribution in [1.29, 1.82) is 0 Å². The number of carbonyl (C=O) groups is 4. The number of aromatic nitrogens is 1. The van der Waals surface area contributed by atoms with Crippen molar-refractivity contribution in [2.24, 2.45) is 0 Å². The van der Waals surface area contributed by atoms with E-state index in [-0.39, 0.29) is 12.3 Å². The lowest BCUT2D eigenvalue weighted by molar-refractivity contribution is -0.123. The Morgan fingerprint density at radius 2 is 1.97 bits per heavy atom. The van der Waals surface area contributed by atoms with E-state index < -0.39 is 35.1 Å². The lowest BCUT2D eigenvalue weighted by Crippen LogP contribution is -2.57. The van der Waals surface area contributed by atoms with E-state index in [2.05, 4.69) is 15.6 Å². The van der Waals surface area contributed by atoms with Gasteiger partial charge >= 0.3 is 6.09 Å². The third-order valence-corrected chi connectivity index (χ3v) is 7.03. The normalized spacial score (nSPS) is 21.8. The minimum Gasteiger partial charge on any atom is -0.408 e. The molecule has 11 heteroatoms. The van der Waals surface area contributed by atoms with Gasteiger partial charge in [-0.1, -0.05) is 0 Å². The molecule has 36 heavy (non-hydrogen) atoms. The number of rotatable bonds is 4. The molecule has 1 atom stereocenters. The predicted octanol–water partition coefficient (Wildman–Crippen LogP) is 2.18. The molecule has 3 heterocycles. The maximum absolute atomic E-state index is 13.8. The number of ketones is 2. The van der Waals surface area contributed by atoms with Crippen LogP contribution in [-0.4, -0.2) is 70.8 Å². The summed E-state index contributed by atoms with van der Waals surface area (Å²) in [4.78, 5) is 52.6. The number of aryl methyl sites for hydroxylation is 1. The first-order valence-electron chi connectivity index (χ1n) is 11.6. The van der Waals surface area contributed by atoms with E-state index in [1.54, 1.807) is 44.0 Å². The highest BCUT2D eigenvalue weighted by molar-refractivity contribution is 6.66. The number of aromatic amines is 1. The average Bonchev–Trinajstić information content (AvgIpc) is 3.05. The maximum Gasteiger partial charge on any atom is 0.412 e. The van der Waals surface area contributed by atoms with Gasteiger partial charge in [-0.05, 0) is 44.5 Å². The summed E-state index contributed by atoms with van der Waals surface area (Å²) in [6.07, 6.45) is 1.62. The molecule has 1 spiro atoms. The molecule has 0 bridgehead atoms. The number of hydrogen-bond donors (Lipinski definition) is 3. The van der Waals surface area contributed by atoms with Gasteiger partial charge in [-0.25, -0.2) is 19.2 Å². The Balaban J connectivity index is 1.32. The number of amides is 2. The highest BCUT2D eigenvalue weighted by atomic mass is 19.1. The summed E-state index contributed by atoms with van der Waals surface area (Å²) in [6, 6.07) is 3.67. The summed E-state index contributed by atoms with van der Waals surface area (Å²) in [5.41, 5.74) is 1.78. The summed E-state index contributed by atoms with van der Waals surface area (Å²) in [7, 11) is 3.55. The summed E-state index contributed by atoms with van der Waals surface area (Å²) in [5, 5.41) is 8.96. The van der Waals surface area contributed by atoms with Crippen LogP contribution in [0.2, 0.25) is 0 Å². The molecular weight excluding hydrogens is 469 g/mol. The van der Waals surface area contributed by atoms with Crippen molar-refractivity contribution in [1.82, 2.24) is 20.3 Å². The molecule has 1 saturated heterocycles. The second-order valence-corrected chi connectivity index (χ2v) is 9.53. The van der Waals surface area contributed by atoms with Crippen molar-refractivity contribution in [2.75, 3.05) is 26.0 Å². The van der Waals surface area contributed by atoms with Crippen LogP contribution < -0.4 is 15.4 Å². The van der Waals surface area contributed by atoms with E-state index in [4.69, 9.17) is 4.74 Å². The zero-order valence-electron chi connectivity index (χ0n) is 20.3. The van der Waals surface area contributed by atoms with Crippen LogP contribution in [0.25, 0.3) is 11.6 Å². The number of hydrazine groups is 1. The largest absolute Gasteiger partial charge is 0.412 e. The fourth-order valence-electron chi connectivity index (χ4n) is 5.17. The summed E-state index contributed by atoms with van der Waals surface area (Å²) in [6.45, 7) is 3.91. The molecule has 1 aliphatic carbocycles. The molecule has 1 aromatic carbocycles. The summed E-state index contributed by atoms with van der Waals surface area (Å²) in [5.74, 6) is -1.39. The number of hydrogen-bond acceptors (Lipinski definition) is 7. The van der Waals surface area contributed by atoms with E-state index >= 15 is 0 Å². The van der Waals surface area contributed by atoms with E-state index in [0.717, 1.165) is 0 Å². The Kier molecular flexibility index (Phi) is 5.56. The highest BCUT2D eigenvalue weighted by Crippen LogP contribution is 2.42. The molecule has 188 valence electrons. The summed E-state index contributed by atoms with van der Waals surface area (Å²) < 4.78 is 19.4. The van der Waals surface area contributed by atoms with Crippen molar-refractivity contribution >= 4 is 40.9 Å². The highest BCUT2D eigenvalue weighted by Gasteiger charge is 2.71. The summed E-state index contributed by atoms with van der Waals surface area (Å²) >= 11 is 0. The molecule has 1 aromatic heterocycles. The van der Waals surface area contributed by atoms with E-state index in [1.165, 1.54) is 18.2 Å². The third kappa shape index (κ3) is 3.71. The number of nitrogens with one attached hydrogen (secondary N) is 3. The molecule has 5 rings (SSSR count). The topological polar surface area (TPSA) is 124 Å². The minimum atomic E-state index is -1.20. The van der Waals surface area contributed by atoms with Crippen LogP contribution in [0.1, 0.15) is 35.4 Å². The van der Waals surface area contributed by atoms with Gasteiger partial charge in [-0.15, -0.1) is 0 Å². The number of carbonyl (C=O) groups excluding carboxylic acids is 4. The van der Waals surface area contributed by atoms with Crippen molar-refractivity contribution < 1.29 is 28.3 Å². The number of ether oxygens (including phenoxy) is 1. The number of fused-ring (bicyclic) bond motifs is 1. The van der Waals surface area contributed by atoms with Gasteiger partial charge in [0.2, 0.25) is 11.6 Å². The van der Waals surface area contributed by atoms with Crippen molar-refractivity contribution in [3.8, 4) is 5.75 Å². The second-order valence-electron chi connectivity index (χ2n) is 9.53. The van der Waals surface area contributed by atoms with Crippen LogP contribution in [0.15, 0.2) is 18.2 Å². The monoisotopic (exact) mass is 495 g/mol. The number of piperidine rings is 1. The molecule has 2 fully saturated rings. The second kappa shape index (κ2) is 8.38. The maximum atomic E-state index is 13.8. The van der Waals surface area contributed by atoms with Gasteiger partial charge in [0.1, 0.15) is 5.82 Å². The van der Waals surface area contributed by atoms with E-state index in [1.807, 2.05) is 0 Å². The fraction of sp³-hybridized carbons (Fsp3) is 0.360. The Hall–Kier alpha value is -3.83. The number of halogens is 1. The molecule has 1 saturated carbocycles. The SMILES string of the molecule is Cc1[nH]c(/C=C2\C(=O)Nc3ccc(F)cc32)c(C)c1OC(=O)NC1CCN(N(C)C)C2(C1)C(=O)C2=O. The molecule has 1 unspecified atom stereocenters. The first kappa shape index (κ1) is 23.9. The quantitative estimate of drug-likeness (QED) is 0.337. The first-order valence-corrected chi connectivity index (χ1v) is 11.6. The van der Waals surface area contributed by atoms with Gasteiger partial charge in [0.25, 0.3) is 5.91 Å². The van der Waals surface area contributed by atoms with Gasteiger partial charge in [0, 0.05) is 55.6 Å². The molecule has 3 N–H and O–H groups in total. The standard InChI is InChI=1S/C25H26FN5O5/c1-12-19(10-17-16-9-14(26)5-6-18(16)29-23(17)34)27-13(2)20(12)36-24(35)28-15-7-8-31(30(3)4)25(11-15)21(32)22(25)33/h5-6,9-10,15,27H,7-8,11H2,1-4H3,(H,28,35)(H,29,34)/b17-10-. The van der Waals surface area contributed by atoms with Gasteiger partial charge in [-0.2, -0.15) is 0 Å². The van der Waals surface area contributed by atoms with Crippen molar-refractivity contribution in [2.45, 2.75) is 38.3 Å². The Morgan fingerprint density at radius 1 is 1.25 bits per heavy atom. The van der Waals surface area contributed by atoms with Gasteiger partial charge < -0.3 is 20.4 Å². The molecule has 2 amide bonds. The van der Waals surface area contributed by atoms with Gasteiger partial charge in [0.15, 0.2) is 11.3 Å². The third-order valence-electron chi connectivity index (χ3n) is 7.03. The van der Waals surface area contributed by atoms with Crippen LogP contribution in [0.4, 0.5) is 14.9 Å². The van der Waals surface area contributed by atoms with Crippen LogP contribution in [0.5, 0.6) is 5.75 Å². The molecular formula is C25H26FN5O5. The molecule has 10 nitrogen and oxygen atoms in total. The minimum absolute atomic E-state index is 0.186. The predicted molar refractivity (Wildman–Crippen MR) is 128 cm³/mol. The Morgan fingerprint density at radius 3 is 2.64 bits per heavy atom. The lowest BCUT2D eigenvalue weighted by atomic mass is 9.96. The van der Waals surface area contributed by atoms with Crippen LogP contribution in [0, 0.1) is 19.7 Å². The molecule has 2 aromatic rings. The number of nitrogens with zero attached hydrogens (tertiary/aromatic N) is 2. The molecule has 0 radical (unpaired) electrons. The number of benzene rings is 1. The van der Waals surface area contributed by atoms with Crippen molar-refractivity contribution in [3.63, 3.8) is 0 Å². The fourth-order valence-corrected chi connectivity index (χ4v) is 5.17. The van der Waals surface area contributed by atoms with Crippen LogP contribution >= 0.6 is 0 Å². The first-order chi connectivity index (χ1) is 17.0. The molecule has 2 aliphatic heterocycles. The van der Waals surface area contributed by atoms with Gasteiger partial charge in [0.05, 0.1) is 11.3 Å². The number of Topliss-reactive ketones (excluding diaryl/α,β-unsaturated/α-hetero) is 2. The van der Waals surface area contributed by atoms with Gasteiger partial charge in [-0.3, -0.25) is 14.4 Å². The zero-order valence-corrected chi connectivity index (χ0v) is 20.3. The lowest BCUT2D eigenvalue weighted by Gasteiger charge is -2.40.